The molecule has 88 valence electrons. The molecule has 0 radical (unpaired) electrons. The number of pyridine rings is 2. The van der Waals surface area contributed by atoms with Gasteiger partial charge in [-0.05, 0) is 50.5 Å². The third-order valence-corrected chi connectivity index (χ3v) is 3.42. The molecular formula is C14H17N3. The largest absolute Gasteiger partial charge is 0.357 e. The summed E-state index contributed by atoms with van der Waals surface area (Å²) < 4.78 is 0. The van der Waals surface area contributed by atoms with Crippen molar-refractivity contribution in [3.63, 3.8) is 0 Å². The van der Waals surface area contributed by atoms with Gasteiger partial charge in [0.15, 0.2) is 5.65 Å². The van der Waals surface area contributed by atoms with Gasteiger partial charge in [-0.15, -0.1) is 0 Å². The van der Waals surface area contributed by atoms with Crippen LogP contribution in [-0.4, -0.2) is 23.1 Å². The Morgan fingerprint density at radius 1 is 1.06 bits per heavy atom. The number of hydrogen-bond donors (Lipinski definition) is 0. The first-order chi connectivity index (χ1) is 8.24. The number of fused-ring (bicyclic) bond motifs is 1. The quantitative estimate of drug-likeness (QED) is 0.750. The van der Waals surface area contributed by atoms with Crippen LogP contribution in [0.5, 0.6) is 0 Å². The van der Waals surface area contributed by atoms with Gasteiger partial charge in [-0.2, -0.15) is 0 Å². The third-order valence-electron chi connectivity index (χ3n) is 3.42. The number of aryl methyl sites for hydroxylation is 2. The molecule has 0 saturated carbocycles. The summed E-state index contributed by atoms with van der Waals surface area (Å²) in [7, 11) is 0. The van der Waals surface area contributed by atoms with Gasteiger partial charge in [-0.25, -0.2) is 9.97 Å². The minimum Gasteiger partial charge on any atom is -0.357 e. The highest BCUT2D eigenvalue weighted by molar-refractivity contribution is 5.80. The van der Waals surface area contributed by atoms with E-state index in [-0.39, 0.29) is 0 Å². The van der Waals surface area contributed by atoms with Crippen molar-refractivity contribution < 1.29 is 0 Å². The molecule has 0 N–H and O–H groups in total. The van der Waals surface area contributed by atoms with Gasteiger partial charge in [0.2, 0.25) is 0 Å². The molecule has 0 bridgehead atoms. The number of anilines is 1. The molecule has 1 fully saturated rings. The molecule has 17 heavy (non-hydrogen) atoms. The van der Waals surface area contributed by atoms with Crippen LogP contribution in [0.3, 0.4) is 0 Å². The Bertz CT molecular complexity index is 557. The predicted molar refractivity (Wildman–Crippen MR) is 70.5 cm³/mol. The third kappa shape index (κ3) is 1.86. The molecule has 3 nitrogen and oxygen atoms in total. The van der Waals surface area contributed by atoms with Gasteiger partial charge in [0.05, 0.1) is 0 Å². The molecule has 3 rings (SSSR count). The lowest BCUT2D eigenvalue weighted by molar-refractivity contribution is 0.940. The lowest BCUT2D eigenvalue weighted by atomic mass is 10.1. The maximum atomic E-state index is 4.69. The van der Waals surface area contributed by atoms with Crippen molar-refractivity contribution in [1.82, 2.24) is 9.97 Å². The molecule has 3 heterocycles. The smallest absolute Gasteiger partial charge is 0.162 e. The molecule has 0 aromatic carbocycles. The number of aromatic nitrogens is 2. The second kappa shape index (κ2) is 3.99. The fourth-order valence-corrected chi connectivity index (χ4v) is 2.54. The van der Waals surface area contributed by atoms with E-state index in [1.165, 1.54) is 23.8 Å². The van der Waals surface area contributed by atoms with E-state index in [1.54, 1.807) is 0 Å². The average Bonchev–Trinajstić information content (AvgIpc) is 2.81. The molecule has 2 aromatic rings. The molecule has 0 amide bonds. The molecule has 2 aromatic heterocycles. The SMILES string of the molecule is Cc1cc(C)c2ccc(N3CCCC3)nc2n1. The summed E-state index contributed by atoms with van der Waals surface area (Å²) in [5, 5.41) is 1.17. The number of rotatable bonds is 1. The number of hydrogen-bond acceptors (Lipinski definition) is 3. The fourth-order valence-electron chi connectivity index (χ4n) is 2.54. The Kier molecular flexibility index (Phi) is 2.46. The van der Waals surface area contributed by atoms with Crippen LogP contribution in [0.2, 0.25) is 0 Å². The van der Waals surface area contributed by atoms with Gasteiger partial charge in [-0.3, -0.25) is 0 Å². The first kappa shape index (κ1) is 10.5. The van der Waals surface area contributed by atoms with Crippen molar-refractivity contribution >= 4 is 16.9 Å². The van der Waals surface area contributed by atoms with Crippen LogP contribution in [0.4, 0.5) is 5.82 Å². The van der Waals surface area contributed by atoms with E-state index >= 15 is 0 Å². The molecule has 0 aliphatic carbocycles. The lowest BCUT2D eigenvalue weighted by Gasteiger charge is -2.16. The molecule has 1 aliphatic heterocycles. The zero-order chi connectivity index (χ0) is 11.8. The molecule has 1 aliphatic rings. The summed E-state index contributed by atoms with van der Waals surface area (Å²) in [6.45, 7) is 6.40. The summed E-state index contributed by atoms with van der Waals surface area (Å²) in [6.07, 6.45) is 2.56. The Morgan fingerprint density at radius 3 is 2.59 bits per heavy atom. The van der Waals surface area contributed by atoms with Crippen molar-refractivity contribution in [2.75, 3.05) is 18.0 Å². The van der Waals surface area contributed by atoms with E-state index in [1.807, 2.05) is 6.92 Å². The Morgan fingerprint density at radius 2 is 1.82 bits per heavy atom. The van der Waals surface area contributed by atoms with Crippen molar-refractivity contribution in [3.8, 4) is 0 Å². The minimum absolute atomic E-state index is 0.881. The van der Waals surface area contributed by atoms with Crippen molar-refractivity contribution in [2.24, 2.45) is 0 Å². The second-order valence-electron chi connectivity index (χ2n) is 4.82. The van der Waals surface area contributed by atoms with Crippen molar-refractivity contribution in [1.29, 1.82) is 0 Å². The monoisotopic (exact) mass is 227 g/mol. The van der Waals surface area contributed by atoms with Gasteiger partial charge < -0.3 is 4.90 Å². The normalized spacial score (nSPS) is 15.8. The van der Waals surface area contributed by atoms with E-state index in [2.05, 4.69) is 35.0 Å². The summed E-state index contributed by atoms with van der Waals surface area (Å²) >= 11 is 0. The van der Waals surface area contributed by atoms with E-state index in [0.717, 1.165) is 30.2 Å². The van der Waals surface area contributed by atoms with Crippen LogP contribution < -0.4 is 4.90 Å². The maximum Gasteiger partial charge on any atom is 0.162 e. The first-order valence-corrected chi connectivity index (χ1v) is 6.24. The molecule has 0 atom stereocenters. The minimum atomic E-state index is 0.881. The van der Waals surface area contributed by atoms with Crippen molar-refractivity contribution in [3.05, 3.63) is 29.5 Å². The summed E-state index contributed by atoms with van der Waals surface area (Å²) in [4.78, 5) is 11.6. The molecular weight excluding hydrogens is 210 g/mol. The van der Waals surface area contributed by atoms with E-state index in [9.17, 15) is 0 Å². The molecule has 0 spiro atoms. The van der Waals surface area contributed by atoms with Crippen molar-refractivity contribution in [2.45, 2.75) is 26.7 Å². The summed E-state index contributed by atoms with van der Waals surface area (Å²) in [5.74, 6) is 1.08. The Balaban J connectivity index is 2.11. The Hall–Kier alpha value is -1.64. The van der Waals surface area contributed by atoms with E-state index in [4.69, 9.17) is 4.98 Å². The highest BCUT2D eigenvalue weighted by Crippen LogP contribution is 2.22. The van der Waals surface area contributed by atoms with Crippen LogP contribution in [0.1, 0.15) is 24.1 Å². The zero-order valence-corrected chi connectivity index (χ0v) is 10.4. The highest BCUT2D eigenvalue weighted by Gasteiger charge is 2.14. The van der Waals surface area contributed by atoms with Crippen LogP contribution in [0.15, 0.2) is 18.2 Å². The van der Waals surface area contributed by atoms with Crippen LogP contribution in [0, 0.1) is 13.8 Å². The summed E-state index contributed by atoms with van der Waals surface area (Å²) in [5.41, 5.74) is 3.18. The Labute approximate surface area is 101 Å². The zero-order valence-electron chi connectivity index (χ0n) is 10.4. The lowest BCUT2D eigenvalue weighted by Crippen LogP contribution is -2.18. The maximum absolute atomic E-state index is 4.69. The molecule has 3 heteroatoms. The van der Waals surface area contributed by atoms with Gasteiger partial charge in [0.25, 0.3) is 0 Å². The van der Waals surface area contributed by atoms with Gasteiger partial charge >= 0.3 is 0 Å². The number of nitrogens with zero attached hydrogens (tertiary/aromatic N) is 3. The highest BCUT2D eigenvalue weighted by atomic mass is 15.2. The topological polar surface area (TPSA) is 29.0 Å². The van der Waals surface area contributed by atoms with E-state index in [0.29, 0.717) is 0 Å². The average molecular weight is 227 g/mol. The van der Waals surface area contributed by atoms with Crippen LogP contribution in [0.25, 0.3) is 11.0 Å². The van der Waals surface area contributed by atoms with Gasteiger partial charge in [0, 0.05) is 24.2 Å². The predicted octanol–water partition coefficient (Wildman–Crippen LogP) is 2.85. The molecule has 1 saturated heterocycles. The van der Waals surface area contributed by atoms with Crippen LogP contribution >= 0.6 is 0 Å². The standard InChI is InChI=1S/C14H17N3/c1-10-9-11(2)15-14-12(10)5-6-13(16-14)17-7-3-4-8-17/h5-6,9H,3-4,7-8H2,1-2H3. The molecule has 0 unspecified atom stereocenters. The van der Waals surface area contributed by atoms with Gasteiger partial charge in [-0.1, -0.05) is 0 Å². The summed E-state index contributed by atoms with van der Waals surface area (Å²) in [6, 6.07) is 6.38. The van der Waals surface area contributed by atoms with Gasteiger partial charge in [0.1, 0.15) is 5.82 Å². The second-order valence-corrected chi connectivity index (χ2v) is 4.82. The van der Waals surface area contributed by atoms with Crippen LogP contribution in [-0.2, 0) is 0 Å². The first-order valence-electron chi connectivity index (χ1n) is 6.24. The fraction of sp³-hybridized carbons (Fsp3) is 0.429. The van der Waals surface area contributed by atoms with E-state index < -0.39 is 0 Å².